The number of hydrogen-bond donors (Lipinski definition) is 1. The molecule has 3 heterocycles. The smallest absolute Gasteiger partial charge is 0.193 e. The lowest BCUT2D eigenvalue weighted by Gasteiger charge is -2.24. The third-order valence-corrected chi connectivity index (χ3v) is 5.89. The Kier molecular flexibility index (Phi) is 8.30. The standard InChI is InChI=1S/C18H30N4S.HI/c1-15(17-6-10-23-14-17)11-20-18(19-2)22-9-5-16(13-22)12-21-7-3-4-8-21;/h6,10,14-16H,3-5,7-9,11-13H2,1-2H3,(H,19,20);1H. The molecule has 1 aromatic rings. The molecule has 136 valence electrons. The van der Waals surface area contributed by atoms with Crippen molar-refractivity contribution in [3.05, 3.63) is 22.4 Å². The maximum Gasteiger partial charge on any atom is 0.193 e. The summed E-state index contributed by atoms with van der Waals surface area (Å²) >= 11 is 1.78. The van der Waals surface area contributed by atoms with Crippen LogP contribution in [0.5, 0.6) is 0 Å². The van der Waals surface area contributed by atoms with Crippen molar-refractivity contribution in [1.29, 1.82) is 0 Å². The molecule has 0 saturated carbocycles. The van der Waals surface area contributed by atoms with E-state index < -0.39 is 0 Å². The molecule has 1 N–H and O–H groups in total. The predicted molar refractivity (Wildman–Crippen MR) is 115 cm³/mol. The van der Waals surface area contributed by atoms with Crippen LogP contribution in [-0.4, -0.2) is 62.1 Å². The van der Waals surface area contributed by atoms with E-state index in [0.29, 0.717) is 5.92 Å². The fourth-order valence-corrected chi connectivity index (χ4v) is 4.54. The van der Waals surface area contributed by atoms with Crippen molar-refractivity contribution in [2.24, 2.45) is 10.9 Å². The summed E-state index contributed by atoms with van der Waals surface area (Å²) in [5, 5.41) is 7.98. The largest absolute Gasteiger partial charge is 0.356 e. The van der Waals surface area contributed by atoms with Crippen molar-refractivity contribution in [2.45, 2.75) is 32.1 Å². The molecule has 2 fully saturated rings. The van der Waals surface area contributed by atoms with Gasteiger partial charge in [-0.15, -0.1) is 24.0 Å². The van der Waals surface area contributed by atoms with E-state index in [9.17, 15) is 0 Å². The van der Waals surface area contributed by atoms with E-state index in [1.54, 1.807) is 11.3 Å². The van der Waals surface area contributed by atoms with E-state index >= 15 is 0 Å². The van der Waals surface area contributed by atoms with Crippen LogP contribution < -0.4 is 5.32 Å². The van der Waals surface area contributed by atoms with Gasteiger partial charge in [-0.3, -0.25) is 4.99 Å². The summed E-state index contributed by atoms with van der Waals surface area (Å²) in [7, 11) is 1.91. The molecular weight excluding hydrogens is 431 g/mol. The molecule has 2 aliphatic heterocycles. The van der Waals surface area contributed by atoms with Crippen LogP contribution in [-0.2, 0) is 0 Å². The van der Waals surface area contributed by atoms with Crippen LogP contribution in [0.1, 0.15) is 37.7 Å². The van der Waals surface area contributed by atoms with Crippen molar-refractivity contribution in [1.82, 2.24) is 15.1 Å². The monoisotopic (exact) mass is 462 g/mol. The van der Waals surface area contributed by atoms with Gasteiger partial charge in [-0.25, -0.2) is 0 Å². The normalized spacial score (nSPS) is 23.3. The number of halogens is 1. The van der Waals surface area contributed by atoms with Crippen LogP contribution in [0.4, 0.5) is 0 Å². The molecule has 0 radical (unpaired) electrons. The molecule has 0 amide bonds. The fraction of sp³-hybridized carbons (Fsp3) is 0.722. The fourth-order valence-electron chi connectivity index (χ4n) is 3.75. The molecule has 2 aliphatic rings. The zero-order valence-corrected chi connectivity index (χ0v) is 18.1. The molecule has 6 heteroatoms. The molecule has 1 aromatic heterocycles. The van der Waals surface area contributed by atoms with E-state index in [2.05, 4.69) is 43.9 Å². The summed E-state index contributed by atoms with van der Waals surface area (Å²) in [5.41, 5.74) is 1.42. The third kappa shape index (κ3) is 5.33. The van der Waals surface area contributed by atoms with Crippen LogP contribution in [0.3, 0.4) is 0 Å². The van der Waals surface area contributed by atoms with Crippen LogP contribution >= 0.6 is 35.3 Å². The molecule has 2 saturated heterocycles. The van der Waals surface area contributed by atoms with Gasteiger partial charge >= 0.3 is 0 Å². The lowest BCUT2D eigenvalue weighted by atomic mass is 10.1. The summed E-state index contributed by atoms with van der Waals surface area (Å²) in [5.74, 6) is 2.41. The van der Waals surface area contributed by atoms with E-state index in [-0.39, 0.29) is 24.0 Å². The Labute approximate surface area is 167 Å². The van der Waals surface area contributed by atoms with Gasteiger partial charge in [0.15, 0.2) is 5.96 Å². The maximum absolute atomic E-state index is 4.51. The van der Waals surface area contributed by atoms with E-state index in [4.69, 9.17) is 0 Å². The van der Waals surface area contributed by atoms with Gasteiger partial charge in [-0.1, -0.05) is 6.92 Å². The molecule has 0 aliphatic carbocycles. The molecule has 0 aromatic carbocycles. The highest BCUT2D eigenvalue weighted by molar-refractivity contribution is 14.0. The first-order valence-corrected chi connectivity index (χ1v) is 9.90. The first kappa shape index (κ1) is 20.0. The van der Waals surface area contributed by atoms with Crippen LogP contribution in [0.25, 0.3) is 0 Å². The third-order valence-electron chi connectivity index (χ3n) is 5.19. The highest BCUT2D eigenvalue weighted by Gasteiger charge is 2.27. The number of nitrogens with one attached hydrogen (secondary N) is 1. The van der Waals surface area contributed by atoms with Gasteiger partial charge < -0.3 is 15.1 Å². The van der Waals surface area contributed by atoms with Gasteiger partial charge in [0.25, 0.3) is 0 Å². The number of aliphatic imine (C=N–C) groups is 1. The van der Waals surface area contributed by atoms with Crippen LogP contribution in [0.2, 0.25) is 0 Å². The lowest BCUT2D eigenvalue weighted by Crippen LogP contribution is -2.42. The minimum Gasteiger partial charge on any atom is -0.356 e. The Bertz CT molecular complexity index is 499. The van der Waals surface area contributed by atoms with Crippen LogP contribution in [0.15, 0.2) is 21.8 Å². The topological polar surface area (TPSA) is 30.9 Å². The van der Waals surface area contributed by atoms with Crippen LogP contribution in [0, 0.1) is 5.92 Å². The SMILES string of the molecule is CN=C(NCC(C)c1ccsc1)N1CCC(CN2CCCC2)C1.I. The van der Waals surface area contributed by atoms with Crippen molar-refractivity contribution in [3.63, 3.8) is 0 Å². The zero-order valence-electron chi connectivity index (χ0n) is 14.9. The minimum atomic E-state index is 0. The summed E-state index contributed by atoms with van der Waals surface area (Å²) in [6.45, 7) is 9.43. The molecule has 4 nitrogen and oxygen atoms in total. The van der Waals surface area contributed by atoms with Crippen molar-refractivity contribution in [3.8, 4) is 0 Å². The second kappa shape index (κ2) is 9.97. The van der Waals surface area contributed by atoms with Crippen molar-refractivity contribution in [2.75, 3.05) is 46.3 Å². The summed E-state index contributed by atoms with van der Waals surface area (Å²) in [6.07, 6.45) is 4.08. The highest BCUT2D eigenvalue weighted by atomic mass is 127. The first-order chi connectivity index (χ1) is 11.3. The number of hydrogen-bond acceptors (Lipinski definition) is 3. The minimum absolute atomic E-state index is 0. The van der Waals surface area contributed by atoms with Gasteiger partial charge in [0.2, 0.25) is 0 Å². The highest BCUT2D eigenvalue weighted by Crippen LogP contribution is 2.21. The molecule has 24 heavy (non-hydrogen) atoms. The Morgan fingerprint density at radius 1 is 1.38 bits per heavy atom. The van der Waals surface area contributed by atoms with E-state index in [0.717, 1.165) is 31.5 Å². The molecule has 0 spiro atoms. The van der Waals surface area contributed by atoms with Crippen molar-refractivity contribution >= 4 is 41.3 Å². The van der Waals surface area contributed by atoms with Gasteiger partial charge in [-0.05, 0) is 66.6 Å². The number of rotatable bonds is 5. The van der Waals surface area contributed by atoms with Gasteiger partial charge in [0, 0.05) is 33.2 Å². The molecule has 2 unspecified atom stereocenters. The Morgan fingerprint density at radius 3 is 2.83 bits per heavy atom. The number of thiophene rings is 1. The summed E-state index contributed by atoms with van der Waals surface area (Å²) in [6, 6.07) is 2.22. The lowest BCUT2D eigenvalue weighted by molar-refractivity contribution is 0.281. The number of guanidine groups is 1. The first-order valence-electron chi connectivity index (χ1n) is 8.96. The molecule has 2 atom stereocenters. The molecular formula is C18H31IN4S. The average molecular weight is 462 g/mol. The molecule has 3 rings (SSSR count). The maximum atomic E-state index is 4.51. The summed E-state index contributed by atoms with van der Waals surface area (Å²) in [4.78, 5) is 9.60. The van der Waals surface area contributed by atoms with Gasteiger partial charge in [-0.2, -0.15) is 11.3 Å². The zero-order chi connectivity index (χ0) is 16.1. The predicted octanol–water partition coefficient (Wildman–Crippen LogP) is 3.46. The Hall–Kier alpha value is -0.340. The molecule has 0 bridgehead atoms. The Morgan fingerprint density at radius 2 is 2.17 bits per heavy atom. The van der Waals surface area contributed by atoms with E-state index in [1.165, 1.54) is 44.5 Å². The second-order valence-electron chi connectivity index (χ2n) is 6.99. The number of nitrogens with zero attached hydrogens (tertiary/aromatic N) is 3. The number of likely N-dealkylation sites (tertiary alicyclic amines) is 2. The summed E-state index contributed by atoms with van der Waals surface area (Å²) < 4.78 is 0. The van der Waals surface area contributed by atoms with Gasteiger partial charge in [0.05, 0.1) is 0 Å². The quantitative estimate of drug-likeness (QED) is 0.413. The van der Waals surface area contributed by atoms with Crippen molar-refractivity contribution < 1.29 is 0 Å². The van der Waals surface area contributed by atoms with Gasteiger partial charge in [0.1, 0.15) is 0 Å². The van der Waals surface area contributed by atoms with E-state index in [1.807, 2.05) is 7.05 Å². The Balaban J connectivity index is 0.00000208. The average Bonchev–Trinajstić information content (AvgIpc) is 3.31. The second-order valence-corrected chi connectivity index (χ2v) is 7.77.